The van der Waals surface area contributed by atoms with Crippen molar-refractivity contribution in [2.45, 2.75) is 85.0 Å². The molecule has 0 radical (unpaired) electrons. The molecule has 1 aromatic carbocycles. The first-order valence-electron chi connectivity index (χ1n) is 12.6. The number of amides is 3. The third-order valence-electron chi connectivity index (χ3n) is 5.35. The van der Waals surface area contributed by atoms with E-state index in [0.29, 0.717) is 17.7 Å². The molecule has 0 heterocycles. The normalized spacial score (nSPS) is 12.9. The Kier molecular flexibility index (Phi) is 13.5. The smallest absolute Gasteiger partial charge is 0.408 e. The number of carbonyl (C=O) groups excluding carboxylic acids is 4. The third-order valence-corrected chi connectivity index (χ3v) is 6.00. The summed E-state index contributed by atoms with van der Waals surface area (Å²) in [5, 5.41) is 5.51. The predicted molar refractivity (Wildman–Crippen MR) is 146 cm³/mol. The van der Waals surface area contributed by atoms with Gasteiger partial charge in [0, 0.05) is 12.6 Å². The van der Waals surface area contributed by atoms with E-state index in [1.165, 1.54) is 4.90 Å². The second kappa shape index (κ2) is 15.5. The zero-order valence-electron chi connectivity index (χ0n) is 23.4. The van der Waals surface area contributed by atoms with Crippen LogP contribution in [0.25, 0.3) is 0 Å². The molecule has 0 aliphatic heterocycles. The summed E-state index contributed by atoms with van der Waals surface area (Å²) in [6.07, 6.45) is 1.61. The largest absolute Gasteiger partial charge is 0.466 e. The Morgan fingerprint density at radius 2 is 1.76 bits per heavy atom. The lowest BCUT2D eigenvalue weighted by Gasteiger charge is -2.37. The Morgan fingerprint density at radius 1 is 1.11 bits per heavy atom. The molecule has 0 aliphatic carbocycles. The van der Waals surface area contributed by atoms with Crippen molar-refractivity contribution in [3.63, 3.8) is 0 Å². The van der Waals surface area contributed by atoms with Gasteiger partial charge in [-0.15, -0.1) is 0 Å². The number of aryl methyl sites for hydroxylation is 1. The summed E-state index contributed by atoms with van der Waals surface area (Å²) in [4.78, 5) is 53.4. The first-order valence-corrected chi connectivity index (χ1v) is 14.0. The zero-order valence-corrected chi connectivity index (χ0v) is 24.2. The van der Waals surface area contributed by atoms with Crippen molar-refractivity contribution >= 4 is 35.6 Å². The van der Waals surface area contributed by atoms with Crippen LogP contribution in [-0.2, 0) is 23.9 Å². The van der Waals surface area contributed by atoms with Crippen molar-refractivity contribution in [1.82, 2.24) is 15.5 Å². The lowest BCUT2D eigenvalue weighted by atomic mass is 9.96. The summed E-state index contributed by atoms with van der Waals surface area (Å²) in [6, 6.07) is 5.14. The molecule has 2 unspecified atom stereocenters. The molecule has 1 aromatic rings. The number of rotatable bonds is 13. The average Bonchev–Trinajstić information content (AvgIpc) is 2.79. The van der Waals surface area contributed by atoms with Crippen molar-refractivity contribution < 1.29 is 28.7 Å². The molecular formula is C27H43N3O6S. The van der Waals surface area contributed by atoms with E-state index >= 15 is 0 Å². The molecule has 10 heteroatoms. The van der Waals surface area contributed by atoms with Crippen LogP contribution in [0.2, 0.25) is 0 Å². The van der Waals surface area contributed by atoms with Gasteiger partial charge >= 0.3 is 12.1 Å². The average molecular weight is 538 g/mol. The number of esters is 1. The van der Waals surface area contributed by atoms with Gasteiger partial charge in [0.05, 0.1) is 13.0 Å². The first-order chi connectivity index (χ1) is 17.3. The minimum Gasteiger partial charge on any atom is -0.466 e. The van der Waals surface area contributed by atoms with Crippen LogP contribution in [0.5, 0.6) is 0 Å². The second-order valence-electron chi connectivity index (χ2n) is 9.92. The van der Waals surface area contributed by atoms with E-state index in [2.05, 4.69) is 10.6 Å². The Hall–Kier alpha value is -2.75. The van der Waals surface area contributed by atoms with Gasteiger partial charge in [-0.3, -0.25) is 14.4 Å². The summed E-state index contributed by atoms with van der Waals surface area (Å²) in [5.74, 6) is -0.588. The lowest BCUT2D eigenvalue weighted by molar-refractivity contribution is -0.145. The van der Waals surface area contributed by atoms with Crippen LogP contribution in [0.15, 0.2) is 24.3 Å². The van der Waals surface area contributed by atoms with Gasteiger partial charge in [0.1, 0.15) is 17.7 Å². The quantitative estimate of drug-likeness (QED) is 0.366. The highest BCUT2D eigenvalue weighted by molar-refractivity contribution is 7.98. The maximum atomic E-state index is 14.0. The number of thioether (sulfide) groups is 1. The summed E-state index contributed by atoms with van der Waals surface area (Å²) in [5.41, 5.74) is 0.781. The molecule has 0 saturated carbocycles. The number of nitrogens with zero attached hydrogens (tertiary/aromatic N) is 1. The maximum Gasteiger partial charge on any atom is 0.408 e. The van der Waals surface area contributed by atoms with Gasteiger partial charge in [-0.05, 0) is 78.0 Å². The fourth-order valence-corrected chi connectivity index (χ4v) is 4.20. The maximum absolute atomic E-state index is 14.0. The standard InChI is InChI=1S/C27H43N3O6S/c1-9-35-22(31)14-16-28-24(32)23(20-13-11-10-12-19(20)4)30(18(2)3)25(33)21(15-17-37-8)29-26(34)36-27(5,6)7/h10-13,18,21,23H,9,14-17H2,1-8H3,(H,28,32)(H,29,34). The van der Waals surface area contributed by atoms with Crippen LogP contribution >= 0.6 is 11.8 Å². The lowest BCUT2D eigenvalue weighted by Crippen LogP contribution is -2.55. The predicted octanol–water partition coefficient (Wildman–Crippen LogP) is 3.99. The molecule has 0 spiro atoms. The number of benzene rings is 1. The van der Waals surface area contributed by atoms with Gasteiger partial charge in [-0.25, -0.2) is 4.79 Å². The minimum absolute atomic E-state index is 0.0201. The number of carbonyl (C=O) groups is 4. The highest BCUT2D eigenvalue weighted by Gasteiger charge is 2.38. The van der Waals surface area contributed by atoms with Gasteiger partial charge in [0.2, 0.25) is 11.8 Å². The molecule has 0 aliphatic rings. The molecule has 0 aromatic heterocycles. The summed E-state index contributed by atoms with van der Waals surface area (Å²) >= 11 is 1.55. The van der Waals surface area contributed by atoms with E-state index in [1.54, 1.807) is 39.5 Å². The monoisotopic (exact) mass is 537 g/mol. The molecule has 0 saturated heterocycles. The summed E-state index contributed by atoms with van der Waals surface area (Å²) in [7, 11) is 0. The van der Waals surface area contributed by atoms with Gasteiger partial charge in [0.25, 0.3) is 0 Å². The molecule has 37 heavy (non-hydrogen) atoms. The number of hydrogen-bond acceptors (Lipinski definition) is 7. The molecule has 0 fully saturated rings. The van der Waals surface area contributed by atoms with Crippen molar-refractivity contribution in [3.8, 4) is 0 Å². The molecule has 9 nitrogen and oxygen atoms in total. The highest BCUT2D eigenvalue weighted by Crippen LogP contribution is 2.28. The van der Waals surface area contributed by atoms with Crippen LogP contribution in [0.3, 0.4) is 0 Å². The van der Waals surface area contributed by atoms with Crippen molar-refractivity contribution in [3.05, 3.63) is 35.4 Å². The second-order valence-corrected chi connectivity index (χ2v) is 10.9. The number of alkyl carbamates (subject to hydrolysis) is 1. The van der Waals surface area contributed by atoms with Gasteiger partial charge in [0.15, 0.2) is 0 Å². The van der Waals surface area contributed by atoms with Gasteiger partial charge in [-0.1, -0.05) is 24.3 Å². The molecule has 1 rings (SSSR count). The highest BCUT2D eigenvalue weighted by atomic mass is 32.2. The van der Waals surface area contributed by atoms with Gasteiger partial charge < -0.3 is 25.0 Å². The van der Waals surface area contributed by atoms with Crippen molar-refractivity contribution in [1.29, 1.82) is 0 Å². The van der Waals surface area contributed by atoms with Crippen LogP contribution < -0.4 is 10.6 Å². The van der Waals surface area contributed by atoms with E-state index in [0.717, 1.165) is 5.56 Å². The van der Waals surface area contributed by atoms with E-state index in [9.17, 15) is 19.2 Å². The van der Waals surface area contributed by atoms with E-state index in [4.69, 9.17) is 9.47 Å². The summed E-state index contributed by atoms with van der Waals surface area (Å²) in [6.45, 7) is 12.8. The van der Waals surface area contributed by atoms with E-state index < -0.39 is 35.7 Å². The molecule has 208 valence electrons. The summed E-state index contributed by atoms with van der Waals surface area (Å²) < 4.78 is 10.3. The topological polar surface area (TPSA) is 114 Å². The van der Waals surface area contributed by atoms with Crippen molar-refractivity contribution in [2.24, 2.45) is 0 Å². The molecular weight excluding hydrogens is 494 g/mol. The fraction of sp³-hybridized carbons (Fsp3) is 0.630. The number of hydrogen-bond donors (Lipinski definition) is 2. The molecule has 2 atom stereocenters. The molecule has 0 bridgehead atoms. The van der Waals surface area contributed by atoms with Gasteiger partial charge in [-0.2, -0.15) is 11.8 Å². The number of nitrogens with one attached hydrogen (secondary N) is 2. The number of ether oxygens (including phenoxy) is 2. The van der Waals surface area contributed by atoms with Crippen LogP contribution in [-0.4, -0.2) is 71.6 Å². The fourth-order valence-electron chi connectivity index (χ4n) is 3.73. The molecule has 3 amide bonds. The Labute approximate surface area is 225 Å². The van der Waals surface area contributed by atoms with E-state index in [1.807, 2.05) is 51.3 Å². The molecule has 2 N–H and O–H groups in total. The Morgan fingerprint density at radius 3 is 2.30 bits per heavy atom. The van der Waals surface area contributed by atoms with Crippen molar-refractivity contribution in [2.75, 3.05) is 25.2 Å². The van der Waals surface area contributed by atoms with Crippen LogP contribution in [0, 0.1) is 6.92 Å². The first kappa shape index (κ1) is 32.3. The van der Waals surface area contributed by atoms with E-state index in [-0.39, 0.29) is 31.5 Å². The zero-order chi connectivity index (χ0) is 28.2. The SMILES string of the molecule is CCOC(=O)CCNC(=O)C(c1ccccc1C)N(C(=O)C(CCSC)NC(=O)OC(C)(C)C)C(C)C. The third kappa shape index (κ3) is 11.0. The van der Waals surface area contributed by atoms with Crippen LogP contribution in [0.4, 0.5) is 4.79 Å². The Bertz CT molecular complexity index is 916. The Balaban J connectivity index is 3.36. The van der Waals surface area contributed by atoms with Crippen LogP contribution in [0.1, 0.15) is 71.6 Å². The minimum atomic E-state index is -0.965.